The summed E-state index contributed by atoms with van der Waals surface area (Å²) < 4.78 is 23.8. The van der Waals surface area contributed by atoms with Crippen molar-refractivity contribution in [3.05, 3.63) is 69.4 Å². The Hall–Kier alpha value is -4.47. The first-order valence-corrected chi connectivity index (χ1v) is 12.6. The van der Waals surface area contributed by atoms with Crippen molar-refractivity contribution in [1.29, 1.82) is 0 Å². The molecule has 6 rings (SSSR count). The van der Waals surface area contributed by atoms with Gasteiger partial charge in [-0.25, -0.2) is 9.37 Å². The van der Waals surface area contributed by atoms with Crippen LogP contribution in [0.2, 0.25) is 0 Å². The zero-order chi connectivity index (χ0) is 26.7. The average Bonchev–Trinajstić information content (AvgIpc) is 3.29. The second kappa shape index (κ2) is 8.83. The molecule has 9 nitrogen and oxygen atoms in total. The van der Waals surface area contributed by atoms with Crippen molar-refractivity contribution in [2.24, 2.45) is 0 Å². The Balaban J connectivity index is 1.46. The van der Waals surface area contributed by atoms with Crippen molar-refractivity contribution >= 4 is 34.1 Å². The molecule has 194 valence electrons. The molecule has 0 unspecified atom stereocenters. The van der Waals surface area contributed by atoms with Crippen LogP contribution in [0.25, 0.3) is 22.0 Å². The summed E-state index contributed by atoms with van der Waals surface area (Å²) in [4.78, 5) is 35.5. The topological polar surface area (TPSA) is 129 Å². The Morgan fingerprint density at radius 2 is 2.08 bits per heavy atom. The van der Waals surface area contributed by atoms with Gasteiger partial charge in [0.1, 0.15) is 18.2 Å². The van der Waals surface area contributed by atoms with E-state index < -0.39 is 11.2 Å². The molecule has 2 aromatic heterocycles. The van der Waals surface area contributed by atoms with Crippen molar-refractivity contribution in [2.45, 2.75) is 39.3 Å². The van der Waals surface area contributed by atoms with Gasteiger partial charge in [-0.15, -0.1) is 0 Å². The highest BCUT2D eigenvalue weighted by atomic mass is 19.1. The van der Waals surface area contributed by atoms with E-state index in [1.165, 1.54) is 13.0 Å². The highest BCUT2D eigenvalue weighted by Gasteiger charge is 2.30. The SMILES string of the molecule is CC[C@H]1COc2c(-c3ccc4c(c3)CCN4Cc3cnc(N)nc3N)c(F)cc3c(=O)c(C(C)=O)cn1c23. The normalized spacial score (nSPS) is 16.0. The van der Waals surface area contributed by atoms with E-state index in [1.807, 2.05) is 29.7 Å². The molecule has 0 amide bonds. The monoisotopic (exact) mass is 514 g/mol. The number of nitrogen functional groups attached to an aromatic ring is 2. The number of rotatable bonds is 5. The minimum atomic E-state index is -0.562. The number of anilines is 3. The number of ether oxygens (including phenoxy) is 1. The molecule has 10 heteroatoms. The lowest BCUT2D eigenvalue weighted by molar-refractivity contribution is 0.101. The van der Waals surface area contributed by atoms with Gasteiger partial charge in [0.2, 0.25) is 5.95 Å². The van der Waals surface area contributed by atoms with Crippen LogP contribution in [0.3, 0.4) is 0 Å². The molecule has 2 aliphatic rings. The summed E-state index contributed by atoms with van der Waals surface area (Å²) in [5.74, 6) is -0.0914. The van der Waals surface area contributed by atoms with E-state index in [0.29, 0.717) is 41.4 Å². The van der Waals surface area contributed by atoms with E-state index in [2.05, 4.69) is 14.9 Å². The van der Waals surface area contributed by atoms with Crippen molar-refractivity contribution in [1.82, 2.24) is 14.5 Å². The van der Waals surface area contributed by atoms with Crippen LogP contribution in [0.15, 0.2) is 41.5 Å². The summed E-state index contributed by atoms with van der Waals surface area (Å²) in [6.45, 7) is 4.97. The molecule has 4 aromatic rings. The number of pyridine rings is 1. The van der Waals surface area contributed by atoms with E-state index in [9.17, 15) is 9.59 Å². The van der Waals surface area contributed by atoms with Crippen LogP contribution in [0.5, 0.6) is 5.75 Å². The van der Waals surface area contributed by atoms with Crippen molar-refractivity contribution < 1.29 is 13.9 Å². The molecule has 0 radical (unpaired) electrons. The number of Topliss-reactive ketones (excluding diaryl/α,β-unsaturated/α-hetero) is 1. The standard InChI is InChI=1S/C28H27FN6O3/c1-3-18-13-38-26-23(21(29)9-19-24(26)35(18)12-20(14(2)36)25(19)37)16-4-5-22-15(8-16)6-7-34(22)11-17-10-32-28(31)33-27(17)30/h4-5,8-10,12,18H,3,6-7,11,13H2,1-2H3,(H4,30,31,32,33)/t18-/m0/s1. The number of ketones is 1. The lowest BCUT2D eigenvalue weighted by Gasteiger charge is -2.30. The number of carbonyl (C=O) groups excluding carboxylic acids is 1. The fraction of sp³-hybridized carbons (Fsp3) is 0.286. The third-order valence-corrected chi connectivity index (χ3v) is 7.52. The molecule has 0 spiro atoms. The highest BCUT2D eigenvalue weighted by molar-refractivity contribution is 6.00. The van der Waals surface area contributed by atoms with Crippen LogP contribution >= 0.6 is 0 Å². The molecule has 0 saturated heterocycles. The number of nitrogens with zero attached hydrogens (tertiary/aromatic N) is 4. The molecule has 0 saturated carbocycles. The average molecular weight is 515 g/mol. The molecule has 0 fully saturated rings. The van der Waals surface area contributed by atoms with Gasteiger partial charge in [0, 0.05) is 36.7 Å². The first kappa shape index (κ1) is 23.9. The molecular weight excluding hydrogens is 487 g/mol. The molecular formula is C28H27FN6O3. The van der Waals surface area contributed by atoms with Crippen LogP contribution in [0, 0.1) is 5.82 Å². The Morgan fingerprint density at radius 3 is 2.82 bits per heavy atom. The van der Waals surface area contributed by atoms with Crippen molar-refractivity contribution in [2.75, 3.05) is 29.5 Å². The summed E-state index contributed by atoms with van der Waals surface area (Å²) >= 11 is 0. The third kappa shape index (κ3) is 3.67. The van der Waals surface area contributed by atoms with E-state index >= 15 is 4.39 Å². The molecule has 4 N–H and O–H groups in total. The maximum atomic E-state index is 15.7. The van der Waals surface area contributed by atoms with Gasteiger partial charge in [-0.1, -0.05) is 13.0 Å². The largest absolute Gasteiger partial charge is 0.488 e. The van der Waals surface area contributed by atoms with Crippen LogP contribution in [0.4, 0.5) is 21.8 Å². The Morgan fingerprint density at radius 1 is 1.26 bits per heavy atom. The predicted molar refractivity (Wildman–Crippen MR) is 144 cm³/mol. The Kier molecular flexibility index (Phi) is 5.55. The lowest BCUT2D eigenvalue weighted by Crippen LogP contribution is -2.27. The quantitative estimate of drug-likeness (QED) is 0.384. The maximum Gasteiger partial charge on any atom is 0.221 e. The molecule has 0 aliphatic carbocycles. The van der Waals surface area contributed by atoms with Gasteiger partial charge in [0.15, 0.2) is 17.0 Å². The summed E-state index contributed by atoms with van der Waals surface area (Å²) in [5.41, 5.74) is 15.6. The number of hydrogen-bond donors (Lipinski definition) is 2. The fourth-order valence-corrected chi connectivity index (χ4v) is 5.53. The third-order valence-electron chi connectivity index (χ3n) is 7.52. The van der Waals surface area contributed by atoms with Crippen LogP contribution in [-0.2, 0) is 13.0 Å². The number of halogens is 1. The van der Waals surface area contributed by atoms with E-state index in [0.717, 1.165) is 36.2 Å². The summed E-state index contributed by atoms with van der Waals surface area (Å²) in [5, 5.41) is 0.155. The van der Waals surface area contributed by atoms with Crippen LogP contribution < -0.4 is 26.5 Å². The Labute approximate surface area is 217 Å². The second-order valence-corrected chi connectivity index (χ2v) is 9.82. The number of aromatic nitrogens is 3. The van der Waals surface area contributed by atoms with Gasteiger partial charge in [-0.05, 0) is 49.1 Å². The van der Waals surface area contributed by atoms with E-state index in [1.54, 1.807) is 12.4 Å². The fourth-order valence-electron chi connectivity index (χ4n) is 5.53. The zero-order valence-corrected chi connectivity index (χ0v) is 21.1. The molecule has 2 aliphatic heterocycles. The maximum absolute atomic E-state index is 15.7. The number of benzene rings is 2. The van der Waals surface area contributed by atoms with Gasteiger partial charge >= 0.3 is 0 Å². The van der Waals surface area contributed by atoms with Gasteiger partial charge in [-0.3, -0.25) is 9.59 Å². The van der Waals surface area contributed by atoms with Gasteiger partial charge in [0.05, 0.1) is 28.1 Å². The van der Waals surface area contributed by atoms with Gasteiger partial charge < -0.3 is 25.7 Å². The lowest BCUT2D eigenvalue weighted by atomic mass is 9.96. The number of carbonyl (C=O) groups is 1. The van der Waals surface area contributed by atoms with E-state index in [4.69, 9.17) is 16.2 Å². The van der Waals surface area contributed by atoms with Crippen molar-refractivity contribution in [3.63, 3.8) is 0 Å². The summed E-state index contributed by atoms with van der Waals surface area (Å²) in [6.07, 6.45) is 4.74. The van der Waals surface area contributed by atoms with Gasteiger partial charge in [-0.2, -0.15) is 4.98 Å². The first-order chi connectivity index (χ1) is 18.3. The number of fused-ring (bicyclic) bond motifs is 1. The molecule has 1 atom stereocenters. The smallest absolute Gasteiger partial charge is 0.221 e. The first-order valence-electron chi connectivity index (χ1n) is 12.6. The number of hydrogen-bond acceptors (Lipinski definition) is 8. The molecule has 0 bridgehead atoms. The Bertz CT molecular complexity index is 1700. The zero-order valence-electron chi connectivity index (χ0n) is 21.1. The summed E-state index contributed by atoms with van der Waals surface area (Å²) in [7, 11) is 0. The van der Waals surface area contributed by atoms with E-state index in [-0.39, 0.29) is 28.7 Å². The minimum absolute atomic E-state index is 0.0562. The molecule has 2 aromatic carbocycles. The highest BCUT2D eigenvalue weighted by Crippen LogP contribution is 2.44. The van der Waals surface area contributed by atoms with Gasteiger partial charge in [0.25, 0.3) is 0 Å². The summed E-state index contributed by atoms with van der Waals surface area (Å²) in [6, 6.07) is 6.97. The van der Waals surface area contributed by atoms with Crippen molar-refractivity contribution in [3.8, 4) is 16.9 Å². The predicted octanol–water partition coefficient (Wildman–Crippen LogP) is 3.87. The minimum Gasteiger partial charge on any atom is -0.488 e. The molecule has 38 heavy (non-hydrogen) atoms. The molecule has 4 heterocycles. The second-order valence-electron chi connectivity index (χ2n) is 9.82. The van der Waals surface area contributed by atoms with Crippen LogP contribution in [0.1, 0.15) is 47.8 Å². The number of nitrogens with two attached hydrogens (primary N) is 2. The van der Waals surface area contributed by atoms with Crippen LogP contribution in [-0.4, -0.2) is 33.5 Å².